The van der Waals surface area contributed by atoms with E-state index in [0.29, 0.717) is 18.8 Å². The number of aromatic nitrogens is 2. The number of sulfonamides is 1. The van der Waals surface area contributed by atoms with Gasteiger partial charge in [0.05, 0.1) is 24.7 Å². The Morgan fingerprint density at radius 3 is 2.95 bits per heavy atom. The van der Waals surface area contributed by atoms with Crippen molar-refractivity contribution in [2.24, 2.45) is 5.92 Å². The van der Waals surface area contributed by atoms with Crippen LogP contribution >= 0.6 is 0 Å². The zero-order valence-electron chi connectivity index (χ0n) is 11.9. The van der Waals surface area contributed by atoms with Gasteiger partial charge in [0.1, 0.15) is 6.54 Å². The molecule has 0 bridgehead atoms. The first-order valence-corrected chi connectivity index (χ1v) is 8.58. The van der Waals surface area contributed by atoms with Crippen molar-refractivity contribution in [1.29, 1.82) is 0 Å². The second kappa shape index (κ2) is 6.44. The van der Waals surface area contributed by atoms with Crippen LogP contribution in [-0.2, 0) is 26.1 Å². The minimum atomic E-state index is -3.18. The zero-order valence-corrected chi connectivity index (χ0v) is 12.8. The van der Waals surface area contributed by atoms with Gasteiger partial charge in [0.25, 0.3) is 0 Å². The van der Waals surface area contributed by atoms with E-state index in [4.69, 9.17) is 10.5 Å². The number of nitrogens with zero attached hydrogens (tertiary/aromatic N) is 3. The Labute approximate surface area is 123 Å². The van der Waals surface area contributed by atoms with Gasteiger partial charge in [-0.1, -0.05) is 0 Å². The molecule has 2 N–H and O–H groups in total. The molecule has 1 aliphatic heterocycles. The number of carbonyl (C=O) groups excluding carboxylic acids is 1. The zero-order chi connectivity index (χ0) is 15.5. The average molecular weight is 316 g/mol. The molecular weight excluding hydrogens is 296 g/mol. The van der Waals surface area contributed by atoms with Gasteiger partial charge in [-0.15, -0.1) is 0 Å². The smallest absolute Gasteiger partial charge is 0.327 e. The number of ether oxygens (including phenoxy) is 1. The highest BCUT2D eigenvalue weighted by molar-refractivity contribution is 7.88. The maximum Gasteiger partial charge on any atom is 0.327 e. The maximum atomic E-state index is 11.7. The summed E-state index contributed by atoms with van der Waals surface area (Å²) in [4.78, 5) is 11.7. The van der Waals surface area contributed by atoms with Crippen LogP contribution in [0.3, 0.4) is 0 Å². The molecule has 0 spiro atoms. The third-order valence-corrected chi connectivity index (χ3v) is 4.64. The molecule has 1 atom stereocenters. The lowest BCUT2D eigenvalue weighted by atomic mass is 10.0. The largest absolute Gasteiger partial charge is 0.464 e. The van der Waals surface area contributed by atoms with Gasteiger partial charge in [-0.2, -0.15) is 5.10 Å². The first kappa shape index (κ1) is 15.8. The van der Waals surface area contributed by atoms with Crippen LogP contribution in [-0.4, -0.2) is 54.4 Å². The van der Waals surface area contributed by atoms with Crippen molar-refractivity contribution in [1.82, 2.24) is 14.1 Å². The molecule has 2 heterocycles. The van der Waals surface area contributed by atoms with E-state index in [1.165, 1.54) is 21.4 Å². The van der Waals surface area contributed by atoms with Crippen molar-refractivity contribution in [3.63, 3.8) is 0 Å². The maximum absolute atomic E-state index is 11.7. The van der Waals surface area contributed by atoms with Crippen molar-refractivity contribution in [3.05, 3.63) is 12.4 Å². The van der Waals surface area contributed by atoms with E-state index >= 15 is 0 Å². The predicted octanol–water partition coefficient (Wildman–Crippen LogP) is -0.320. The monoisotopic (exact) mass is 316 g/mol. The fourth-order valence-electron chi connectivity index (χ4n) is 2.32. The van der Waals surface area contributed by atoms with Gasteiger partial charge in [-0.3, -0.25) is 9.48 Å². The molecule has 9 heteroatoms. The topological polar surface area (TPSA) is 108 Å². The van der Waals surface area contributed by atoms with E-state index in [2.05, 4.69) is 5.10 Å². The summed E-state index contributed by atoms with van der Waals surface area (Å²) in [5.74, 6) is -0.366. The summed E-state index contributed by atoms with van der Waals surface area (Å²) in [5.41, 5.74) is 5.99. The summed E-state index contributed by atoms with van der Waals surface area (Å²) >= 11 is 0. The van der Waals surface area contributed by atoms with Crippen molar-refractivity contribution < 1.29 is 17.9 Å². The first-order chi connectivity index (χ1) is 9.84. The van der Waals surface area contributed by atoms with Crippen LogP contribution in [0.2, 0.25) is 0 Å². The molecule has 118 valence electrons. The van der Waals surface area contributed by atoms with E-state index in [1.807, 2.05) is 0 Å². The fraction of sp³-hybridized carbons (Fsp3) is 0.667. The third-order valence-electron chi connectivity index (χ3n) is 3.38. The molecule has 0 radical (unpaired) electrons. The van der Waals surface area contributed by atoms with Crippen molar-refractivity contribution in [2.45, 2.75) is 19.4 Å². The first-order valence-electron chi connectivity index (χ1n) is 6.73. The van der Waals surface area contributed by atoms with Gasteiger partial charge in [0, 0.05) is 25.2 Å². The second-order valence-corrected chi connectivity index (χ2v) is 7.27. The molecule has 1 fully saturated rings. The van der Waals surface area contributed by atoms with Gasteiger partial charge in [0.15, 0.2) is 0 Å². The van der Waals surface area contributed by atoms with Gasteiger partial charge in [-0.05, 0) is 12.8 Å². The molecule has 1 aliphatic rings. The molecule has 2 rings (SSSR count). The Morgan fingerprint density at radius 1 is 1.57 bits per heavy atom. The number of piperidine rings is 1. The average Bonchev–Trinajstić information content (AvgIpc) is 2.81. The number of nitrogen functional groups attached to an aromatic ring is 1. The molecule has 1 saturated heterocycles. The Bertz CT molecular complexity index is 598. The number of anilines is 1. The van der Waals surface area contributed by atoms with Crippen molar-refractivity contribution >= 4 is 21.7 Å². The van der Waals surface area contributed by atoms with Crippen molar-refractivity contribution in [3.8, 4) is 0 Å². The molecule has 0 saturated carbocycles. The predicted molar refractivity (Wildman–Crippen MR) is 76.7 cm³/mol. The van der Waals surface area contributed by atoms with Gasteiger partial charge in [-0.25, -0.2) is 12.7 Å². The lowest BCUT2D eigenvalue weighted by Crippen LogP contribution is -2.40. The summed E-state index contributed by atoms with van der Waals surface area (Å²) < 4.78 is 31.0. The van der Waals surface area contributed by atoms with Crippen LogP contribution in [0.25, 0.3) is 0 Å². The van der Waals surface area contributed by atoms with E-state index < -0.39 is 16.0 Å². The standard InChI is InChI=1S/C12H20N4O4S/c1-21(18,19)16-4-2-3-10(6-16)9-20-12(17)8-15-7-11(13)5-14-15/h5,7,10H,2-4,6,8-9,13H2,1H3. The summed E-state index contributed by atoms with van der Waals surface area (Å²) in [7, 11) is -3.18. The molecule has 0 aliphatic carbocycles. The molecule has 1 unspecified atom stereocenters. The third kappa shape index (κ3) is 4.71. The van der Waals surface area contributed by atoms with Crippen LogP contribution < -0.4 is 5.73 Å². The Morgan fingerprint density at radius 2 is 2.33 bits per heavy atom. The summed E-state index contributed by atoms with van der Waals surface area (Å²) in [6.07, 6.45) is 5.84. The minimum absolute atomic E-state index is 0.000287. The number of carbonyl (C=O) groups is 1. The SMILES string of the molecule is CS(=O)(=O)N1CCCC(COC(=O)Cn2cc(N)cn2)C1. The van der Waals surface area contributed by atoms with E-state index in [0.717, 1.165) is 12.8 Å². The summed E-state index contributed by atoms with van der Waals surface area (Å²) in [5, 5.41) is 3.90. The molecule has 1 aromatic heterocycles. The minimum Gasteiger partial charge on any atom is -0.464 e. The number of nitrogens with two attached hydrogens (primary N) is 1. The van der Waals surface area contributed by atoms with Crippen LogP contribution in [0.15, 0.2) is 12.4 Å². The van der Waals surface area contributed by atoms with Crippen LogP contribution in [0, 0.1) is 5.92 Å². The normalized spacial score (nSPS) is 20.3. The van der Waals surface area contributed by atoms with Crippen LogP contribution in [0.1, 0.15) is 12.8 Å². The molecule has 0 amide bonds. The molecule has 0 aromatic carbocycles. The highest BCUT2D eigenvalue weighted by Crippen LogP contribution is 2.19. The van der Waals surface area contributed by atoms with Crippen molar-refractivity contribution in [2.75, 3.05) is 31.7 Å². The molecular formula is C12H20N4O4S. The van der Waals surface area contributed by atoms with E-state index in [-0.39, 0.29) is 19.1 Å². The summed E-state index contributed by atoms with van der Waals surface area (Å²) in [6, 6.07) is 0. The lowest BCUT2D eigenvalue weighted by Gasteiger charge is -2.30. The van der Waals surface area contributed by atoms with Gasteiger partial charge < -0.3 is 10.5 Å². The summed E-state index contributed by atoms with van der Waals surface area (Å²) in [6.45, 7) is 1.16. The van der Waals surface area contributed by atoms with Gasteiger partial charge in [0.2, 0.25) is 10.0 Å². The number of hydrogen-bond acceptors (Lipinski definition) is 6. The van der Waals surface area contributed by atoms with Gasteiger partial charge >= 0.3 is 5.97 Å². The second-order valence-electron chi connectivity index (χ2n) is 5.28. The molecule has 1 aromatic rings. The fourth-order valence-corrected chi connectivity index (χ4v) is 3.26. The number of hydrogen-bond donors (Lipinski definition) is 1. The molecule has 8 nitrogen and oxygen atoms in total. The molecule has 21 heavy (non-hydrogen) atoms. The Hall–Kier alpha value is -1.61. The van der Waals surface area contributed by atoms with E-state index in [1.54, 1.807) is 6.20 Å². The highest BCUT2D eigenvalue weighted by Gasteiger charge is 2.26. The quantitative estimate of drug-likeness (QED) is 0.746. The Kier molecular flexibility index (Phi) is 4.84. The lowest BCUT2D eigenvalue weighted by molar-refractivity contribution is -0.146. The number of rotatable bonds is 5. The van der Waals surface area contributed by atoms with Crippen LogP contribution in [0.4, 0.5) is 5.69 Å². The van der Waals surface area contributed by atoms with Crippen LogP contribution in [0.5, 0.6) is 0 Å². The Balaban J connectivity index is 1.78. The highest BCUT2D eigenvalue weighted by atomic mass is 32.2. The number of esters is 1. The van der Waals surface area contributed by atoms with E-state index in [9.17, 15) is 13.2 Å².